The van der Waals surface area contributed by atoms with Crippen LogP contribution in [0.3, 0.4) is 0 Å². The molecule has 7 heteroatoms. The molecule has 1 N–H and O–H groups in total. The normalized spacial score (nSPS) is 18.5. The summed E-state index contributed by atoms with van der Waals surface area (Å²) in [6, 6.07) is -0.470. The molecule has 0 bridgehead atoms. The minimum Gasteiger partial charge on any atom is -0.444 e. The number of rotatable bonds is 4. The predicted molar refractivity (Wildman–Crippen MR) is 82.1 cm³/mol. The lowest BCUT2D eigenvalue weighted by Crippen LogP contribution is -2.47. The van der Waals surface area contributed by atoms with Crippen LogP contribution in [-0.2, 0) is 14.3 Å². The van der Waals surface area contributed by atoms with E-state index in [1.807, 2.05) is 0 Å². The highest BCUT2D eigenvalue weighted by atomic mass is 32.2. The molecule has 21 heavy (non-hydrogen) atoms. The van der Waals surface area contributed by atoms with E-state index in [4.69, 9.17) is 4.74 Å². The van der Waals surface area contributed by atoms with Crippen molar-refractivity contribution in [3.63, 3.8) is 0 Å². The number of ether oxygens (including phenoxy) is 1. The van der Waals surface area contributed by atoms with Crippen LogP contribution in [0.4, 0.5) is 4.79 Å². The van der Waals surface area contributed by atoms with Crippen LogP contribution in [0.1, 0.15) is 40.5 Å². The van der Waals surface area contributed by atoms with Crippen molar-refractivity contribution in [3.8, 4) is 0 Å². The van der Waals surface area contributed by atoms with Gasteiger partial charge in [-0.25, -0.2) is 4.79 Å². The van der Waals surface area contributed by atoms with Crippen molar-refractivity contribution < 1.29 is 19.1 Å². The Hall–Kier alpha value is -1.24. The molecule has 1 fully saturated rings. The Morgan fingerprint density at radius 3 is 2.57 bits per heavy atom. The van der Waals surface area contributed by atoms with Gasteiger partial charge in [-0.3, -0.25) is 14.5 Å². The zero-order valence-electron chi connectivity index (χ0n) is 13.1. The van der Waals surface area contributed by atoms with Gasteiger partial charge in [-0.15, -0.1) is 0 Å². The lowest BCUT2D eigenvalue weighted by atomic mass is 10.2. The summed E-state index contributed by atoms with van der Waals surface area (Å²) in [6.45, 7) is 7.85. The Morgan fingerprint density at radius 2 is 2.00 bits per heavy atom. The summed E-state index contributed by atoms with van der Waals surface area (Å²) in [5, 5.41) is 2.79. The van der Waals surface area contributed by atoms with Crippen molar-refractivity contribution in [1.82, 2.24) is 10.2 Å². The molecule has 2 amide bonds. The maximum Gasteiger partial charge on any atom is 0.410 e. The SMILES string of the molecule is CC(=O)SCCNC(=O)[C@@H]1CCCN1C(=O)OC(C)(C)C. The van der Waals surface area contributed by atoms with Crippen LogP contribution in [-0.4, -0.2) is 52.5 Å². The van der Waals surface area contributed by atoms with Crippen molar-refractivity contribution in [3.05, 3.63) is 0 Å². The third-order valence-electron chi connectivity index (χ3n) is 2.89. The molecule has 1 atom stereocenters. The van der Waals surface area contributed by atoms with Gasteiger partial charge in [0.15, 0.2) is 5.12 Å². The molecule has 0 unspecified atom stereocenters. The van der Waals surface area contributed by atoms with Gasteiger partial charge in [0, 0.05) is 25.8 Å². The van der Waals surface area contributed by atoms with Crippen LogP contribution in [0.15, 0.2) is 0 Å². The number of hydrogen-bond donors (Lipinski definition) is 1. The second kappa shape index (κ2) is 7.68. The van der Waals surface area contributed by atoms with Gasteiger partial charge in [0.25, 0.3) is 0 Å². The number of likely N-dealkylation sites (tertiary alicyclic amines) is 1. The molecule has 1 heterocycles. The Labute approximate surface area is 130 Å². The Bertz CT molecular complexity index is 406. The zero-order chi connectivity index (χ0) is 16.0. The van der Waals surface area contributed by atoms with Gasteiger partial charge in [0.2, 0.25) is 5.91 Å². The fraction of sp³-hybridized carbons (Fsp3) is 0.786. The first kappa shape index (κ1) is 17.8. The Kier molecular flexibility index (Phi) is 6.51. The molecule has 1 aliphatic rings. The van der Waals surface area contributed by atoms with Crippen LogP contribution in [0.5, 0.6) is 0 Å². The largest absolute Gasteiger partial charge is 0.444 e. The molecule has 1 rings (SSSR count). The molecule has 0 aromatic carbocycles. The molecule has 0 saturated carbocycles. The van der Waals surface area contributed by atoms with E-state index in [9.17, 15) is 14.4 Å². The molecule has 0 aliphatic carbocycles. The molecule has 0 aromatic rings. The standard InChI is InChI=1S/C14H24N2O4S/c1-10(17)21-9-7-15-12(18)11-6-5-8-16(11)13(19)20-14(2,3)4/h11H,5-9H2,1-4H3,(H,15,18)/t11-/m0/s1. The molecule has 0 spiro atoms. The number of amides is 2. The molecule has 0 radical (unpaired) electrons. The second-order valence-corrected chi connectivity index (χ2v) is 7.23. The van der Waals surface area contributed by atoms with Crippen molar-refractivity contribution in [2.75, 3.05) is 18.8 Å². The molecule has 1 aliphatic heterocycles. The smallest absolute Gasteiger partial charge is 0.410 e. The highest BCUT2D eigenvalue weighted by Gasteiger charge is 2.36. The number of carbonyl (C=O) groups is 3. The molecule has 1 saturated heterocycles. The van der Waals surface area contributed by atoms with Crippen molar-refractivity contribution in [2.45, 2.75) is 52.2 Å². The quantitative estimate of drug-likeness (QED) is 0.800. The molecular formula is C14H24N2O4S. The van der Waals surface area contributed by atoms with E-state index in [0.717, 1.165) is 6.42 Å². The summed E-state index contributed by atoms with van der Waals surface area (Å²) in [5.41, 5.74) is -0.571. The number of nitrogens with zero attached hydrogens (tertiary/aromatic N) is 1. The van der Waals surface area contributed by atoms with Gasteiger partial charge >= 0.3 is 6.09 Å². The van der Waals surface area contributed by atoms with Gasteiger partial charge in [0.1, 0.15) is 11.6 Å². The molecule has 0 aromatic heterocycles. The van der Waals surface area contributed by atoms with E-state index >= 15 is 0 Å². The first-order chi connectivity index (χ1) is 9.70. The van der Waals surface area contributed by atoms with E-state index in [-0.39, 0.29) is 11.0 Å². The van der Waals surface area contributed by atoms with Gasteiger partial charge in [-0.05, 0) is 33.6 Å². The van der Waals surface area contributed by atoms with Crippen molar-refractivity contribution in [1.29, 1.82) is 0 Å². The van der Waals surface area contributed by atoms with Crippen LogP contribution in [0, 0.1) is 0 Å². The van der Waals surface area contributed by atoms with E-state index in [0.29, 0.717) is 25.3 Å². The average Bonchev–Trinajstić information content (AvgIpc) is 2.81. The summed E-state index contributed by atoms with van der Waals surface area (Å²) in [5.74, 6) is 0.364. The van der Waals surface area contributed by atoms with Crippen LogP contribution in [0.25, 0.3) is 0 Å². The third kappa shape index (κ3) is 6.37. The second-order valence-electron chi connectivity index (χ2n) is 5.96. The van der Waals surface area contributed by atoms with Crippen LogP contribution in [0.2, 0.25) is 0 Å². The van der Waals surface area contributed by atoms with Gasteiger partial charge in [-0.1, -0.05) is 11.8 Å². The van der Waals surface area contributed by atoms with Crippen molar-refractivity contribution in [2.24, 2.45) is 0 Å². The van der Waals surface area contributed by atoms with E-state index in [1.165, 1.54) is 23.6 Å². The number of carbonyl (C=O) groups excluding carboxylic acids is 3. The topological polar surface area (TPSA) is 75.7 Å². The van der Waals surface area contributed by atoms with Gasteiger partial charge in [0.05, 0.1) is 0 Å². The first-order valence-corrected chi connectivity index (χ1v) is 8.10. The van der Waals surface area contributed by atoms with E-state index in [1.54, 1.807) is 20.8 Å². The number of nitrogens with one attached hydrogen (secondary N) is 1. The average molecular weight is 316 g/mol. The zero-order valence-corrected chi connectivity index (χ0v) is 13.9. The maximum absolute atomic E-state index is 12.1. The van der Waals surface area contributed by atoms with Crippen LogP contribution < -0.4 is 5.32 Å². The minimum atomic E-state index is -0.571. The number of hydrogen-bond acceptors (Lipinski definition) is 5. The number of thioether (sulfide) groups is 1. The molecular weight excluding hydrogens is 292 g/mol. The summed E-state index contributed by atoms with van der Waals surface area (Å²) in [7, 11) is 0. The predicted octanol–water partition coefficient (Wildman–Crippen LogP) is 1.78. The fourth-order valence-electron chi connectivity index (χ4n) is 2.07. The minimum absolute atomic E-state index is 0.0282. The molecule has 6 nitrogen and oxygen atoms in total. The Balaban J connectivity index is 2.46. The van der Waals surface area contributed by atoms with E-state index in [2.05, 4.69) is 5.32 Å². The Morgan fingerprint density at radius 1 is 1.33 bits per heavy atom. The third-order valence-corrected chi connectivity index (χ3v) is 3.70. The van der Waals surface area contributed by atoms with E-state index < -0.39 is 17.7 Å². The lowest BCUT2D eigenvalue weighted by molar-refractivity contribution is -0.125. The highest BCUT2D eigenvalue weighted by molar-refractivity contribution is 8.13. The first-order valence-electron chi connectivity index (χ1n) is 7.11. The monoisotopic (exact) mass is 316 g/mol. The molecule has 120 valence electrons. The summed E-state index contributed by atoms with van der Waals surface area (Å²) in [6.07, 6.45) is 0.989. The van der Waals surface area contributed by atoms with Crippen molar-refractivity contribution >= 4 is 28.9 Å². The van der Waals surface area contributed by atoms with Gasteiger partial charge < -0.3 is 10.1 Å². The summed E-state index contributed by atoms with van der Waals surface area (Å²) in [4.78, 5) is 36.5. The summed E-state index contributed by atoms with van der Waals surface area (Å²) < 4.78 is 5.32. The summed E-state index contributed by atoms with van der Waals surface area (Å²) >= 11 is 1.17. The van der Waals surface area contributed by atoms with Crippen LogP contribution >= 0.6 is 11.8 Å². The lowest BCUT2D eigenvalue weighted by Gasteiger charge is -2.28. The fourth-order valence-corrected chi connectivity index (χ4v) is 2.56. The van der Waals surface area contributed by atoms with Gasteiger partial charge in [-0.2, -0.15) is 0 Å². The highest BCUT2D eigenvalue weighted by Crippen LogP contribution is 2.20. The maximum atomic E-state index is 12.1.